The molecule has 0 aromatic rings. The van der Waals surface area contributed by atoms with Crippen LogP contribution in [0, 0.1) is 11.8 Å². The van der Waals surface area contributed by atoms with Crippen molar-refractivity contribution in [2.75, 3.05) is 6.54 Å². The van der Waals surface area contributed by atoms with Crippen LogP contribution in [0.25, 0.3) is 0 Å². The van der Waals surface area contributed by atoms with Gasteiger partial charge in [-0.1, -0.05) is 20.8 Å². The molecule has 0 aromatic carbocycles. The van der Waals surface area contributed by atoms with Crippen LogP contribution in [-0.2, 0) is 0 Å². The van der Waals surface area contributed by atoms with E-state index in [1.165, 1.54) is 6.54 Å². The van der Waals surface area contributed by atoms with E-state index < -0.39 is 0 Å². The van der Waals surface area contributed by atoms with Gasteiger partial charge < -0.3 is 0 Å². The Morgan fingerprint density at radius 2 is 1.27 bits per heavy atom. The summed E-state index contributed by atoms with van der Waals surface area (Å²) in [4.78, 5) is 2.61. The lowest BCUT2D eigenvalue weighted by Gasteiger charge is -2.25. The monoisotopic (exact) mass is 155 g/mol. The first-order valence-electron chi connectivity index (χ1n) is 4.85. The Hall–Kier alpha value is -0.0400. The highest BCUT2D eigenvalue weighted by Crippen LogP contribution is 2.33. The molecule has 4 atom stereocenters. The summed E-state index contributed by atoms with van der Waals surface area (Å²) in [6.45, 7) is 12.9. The normalized spacial score (nSPS) is 46.6. The number of hydrogen-bond donors (Lipinski definition) is 0. The molecule has 0 spiro atoms. The van der Waals surface area contributed by atoms with Crippen molar-refractivity contribution in [1.82, 2.24) is 4.90 Å². The molecular formula is C10H21N. The van der Waals surface area contributed by atoms with E-state index in [1.807, 2.05) is 0 Å². The molecule has 0 aliphatic carbocycles. The molecule has 1 rings (SSSR count). The van der Waals surface area contributed by atoms with Gasteiger partial charge in [0.15, 0.2) is 0 Å². The summed E-state index contributed by atoms with van der Waals surface area (Å²) in [6, 6.07) is 1.56. The van der Waals surface area contributed by atoms with Crippen LogP contribution in [0.4, 0.5) is 0 Å². The fourth-order valence-corrected chi connectivity index (χ4v) is 2.43. The molecule has 1 fully saturated rings. The lowest BCUT2D eigenvalue weighted by molar-refractivity contribution is 0.209. The van der Waals surface area contributed by atoms with Crippen LogP contribution in [0.5, 0.6) is 0 Å². The van der Waals surface area contributed by atoms with E-state index >= 15 is 0 Å². The molecule has 0 bridgehead atoms. The summed E-state index contributed by atoms with van der Waals surface area (Å²) < 4.78 is 0. The molecule has 1 saturated heterocycles. The third-order valence-electron chi connectivity index (χ3n) is 3.76. The van der Waals surface area contributed by atoms with Gasteiger partial charge >= 0.3 is 0 Å². The van der Waals surface area contributed by atoms with Crippen molar-refractivity contribution in [3.05, 3.63) is 0 Å². The zero-order valence-corrected chi connectivity index (χ0v) is 8.46. The number of likely N-dealkylation sites (tertiary alicyclic amines) is 1. The number of nitrogens with zero attached hydrogens (tertiary/aromatic N) is 1. The van der Waals surface area contributed by atoms with Gasteiger partial charge in [-0.3, -0.25) is 4.90 Å². The number of hydrogen-bond acceptors (Lipinski definition) is 1. The van der Waals surface area contributed by atoms with Gasteiger partial charge in [-0.25, -0.2) is 0 Å². The Balaban J connectivity index is 2.69. The van der Waals surface area contributed by atoms with Crippen molar-refractivity contribution >= 4 is 0 Å². The Morgan fingerprint density at radius 3 is 1.45 bits per heavy atom. The standard InChI is InChI=1S/C10H21N/c1-6-11-9(4)7(2)8(3)10(11)5/h7-10H,6H2,1-5H3/t7-,8+,9-,10?/m0/s1. The molecular weight excluding hydrogens is 134 g/mol. The molecule has 66 valence electrons. The zero-order chi connectivity index (χ0) is 8.59. The van der Waals surface area contributed by atoms with Crippen molar-refractivity contribution in [3.8, 4) is 0 Å². The van der Waals surface area contributed by atoms with E-state index in [0.29, 0.717) is 0 Å². The minimum Gasteiger partial charge on any atom is -0.298 e. The minimum atomic E-state index is 0.782. The second-order valence-electron chi connectivity index (χ2n) is 4.03. The lowest BCUT2D eigenvalue weighted by atomic mass is 9.92. The van der Waals surface area contributed by atoms with E-state index in [-0.39, 0.29) is 0 Å². The Bertz CT molecular complexity index is 119. The summed E-state index contributed by atoms with van der Waals surface area (Å²) >= 11 is 0. The fourth-order valence-electron chi connectivity index (χ4n) is 2.43. The smallest absolute Gasteiger partial charge is 0.00984 e. The molecule has 1 unspecified atom stereocenters. The molecule has 1 aliphatic rings. The van der Waals surface area contributed by atoms with Gasteiger partial charge in [-0.2, -0.15) is 0 Å². The van der Waals surface area contributed by atoms with Crippen LogP contribution in [0.2, 0.25) is 0 Å². The van der Waals surface area contributed by atoms with Gasteiger partial charge in [0.1, 0.15) is 0 Å². The second kappa shape index (κ2) is 3.14. The van der Waals surface area contributed by atoms with Gasteiger partial charge in [0.05, 0.1) is 0 Å². The summed E-state index contributed by atoms with van der Waals surface area (Å²) in [7, 11) is 0. The molecule has 0 aromatic heterocycles. The molecule has 11 heavy (non-hydrogen) atoms. The molecule has 0 radical (unpaired) electrons. The first kappa shape index (κ1) is 9.05. The molecule has 1 heterocycles. The van der Waals surface area contributed by atoms with Crippen LogP contribution in [0.1, 0.15) is 34.6 Å². The van der Waals surface area contributed by atoms with Gasteiger partial charge in [0, 0.05) is 12.1 Å². The van der Waals surface area contributed by atoms with Crippen molar-refractivity contribution in [2.24, 2.45) is 11.8 Å². The second-order valence-corrected chi connectivity index (χ2v) is 4.03. The lowest BCUT2D eigenvalue weighted by Crippen LogP contribution is -2.34. The van der Waals surface area contributed by atoms with Gasteiger partial charge in [-0.15, -0.1) is 0 Å². The average Bonchev–Trinajstić information content (AvgIpc) is 2.17. The van der Waals surface area contributed by atoms with E-state index in [1.54, 1.807) is 0 Å². The van der Waals surface area contributed by atoms with E-state index in [9.17, 15) is 0 Å². The summed E-state index contributed by atoms with van der Waals surface area (Å²) in [5.41, 5.74) is 0. The fraction of sp³-hybridized carbons (Fsp3) is 1.00. The SMILES string of the molecule is CCN1C(C)[C@H](C)[C@H](C)[C@@H]1C. The summed E-state index contributed by atoms with van der Waals surface area (Å²) in [6.07, 6.45) is 0. The van der Waals surface area contributed by atoms with Gasteiger partial charge in [0.25, 0.3) is 0 Å². The molecule has 0 saturated carbocycles. The average molecular weight is 155 g/mol. The predicted octanol–water partition coefficient (Wildman–Crippen LogP) is 2.37. The third kappa shape index (κ3) is 1.31. The largest absolute Gasteiger partial charge is 0.298 e. The molecule has 1 nitrogen and oxygen atoms in total. The van der Waals surface area contributed by atoms with Crippen LogP contribution in [-0.4, -0.2) is 23.5 Å². The maximum atomic E-state index is 2.61. The summed E-state index contributed by atoms with van der Waals surface area (Å²) in [5, 5.41) is 0. The first-order valence-corrected chi connectivity index (χ1v) is 4.85. The van der Waals surface area contributed by atoms with Gasteiger partial charge in [0.2, 0.25) is 0 Å². The highest BCUT2D eigenvalue weighted by molar-refractivity contribution is 4.91. The third-order valence-corrected chi connectivity index (χ3v) is 3.76. The quantitative estimate of drug-likeness (QED) is 0.562. The molecule has 1 aliphatic heterocycles. The highest BCUT2D eigenvalue weighted by Gasteiger charge is 2.37. The Kier molecular flexibility index (Phi) is 2.58. The Labute approximate surface area is 70.8 Å². The molecule has 1 heteroatoms. The van der Waals surface area contributed by atoms with Crippen LogP contribution < -0.4 is 0 Å². The predicted molar refractivity (Wildman–Crippen MR) is 49.6 cm³/mol. The van der Waals surface area contributed by atoms with Crippen molar-refractivity contribution in [2.45, 2.75) is 46.7 Å². The van der Waals surface area contributed by atoms with Crippen molar-refractivity contribution < 1.29 is 0 Å². The number of rotatable bonds is 1. The zero-order valence-electron chi connectivity index (χ0n) is 8.46. The summed E-state index contributed by atoms with van der Waals surface area (Å²) in [5.74, 6) is 1.73. The topological polar surface area (TPSA) is 3.24 Å². The molecule has 0 N–H and O–H groups in total. The van der Waals surface area contributed by atoms with E-state index in [2.05, 4.69) is 39.5 Å². The van der Waals surface area contributed by atoms with Crippen molar-refractivity contribution in [3.63, 3.8) is 0 Å². The minimum absolute atomic E-state index is 0.782. The van der Waals surface area contributed by atoms with Crippen LogP contribution >= 0.6 is 0 Å². The van der Waals surface area contributed by atoms with E-state index in [4.69, 9.17) is 0 Å². The highest BCUT2D eigenvalue weighted by atomic mass is 15.2. The van der Waals surface area contributed by atoms with E-state index in [0.717, 1.165) is 23.9 Å². The van der Waals surface area contributed by atoms with Crippen LogP contribution in [0.3, 0.4) is 0 Å². The first-order chi connectivity index (χ1) is 5.09. The maximum absolute atomic E-state index is 2.61. The maximum Gasteiger partial charge on any atom is 0.00984 e. The Morgan fingerprint density at radius 1 is 0.909 bits per heavy atom. The van der Waals surface area contributed by atoms with Gasteiger partial charge in [-0.05, 0) is 32.2 Å². The van der Waals surface area contributed by atoms with Crippen LogP contribution in [0.15, 0.2) is 0 Å². The van der Waals surface area contributed by atoms with Crippen molar-refractivity contribution in [1.29, 1.82) is 0 Å². The molecule has 0 amide bonds.